The minimum absolute atomic E-state index is 0.0801. The maximum absolute atomic E-state index is 11.4. The molecule has 70 valence electrons. The molecular formula is C10H9N3O. The molecule has 14 heavy (non-hydrogen) atoms. The molecule has 1 aromatic heterocycles. The molecule has 0 unspecified atom stereocenters. The Morgan fingerprint density at radius 3 is 3.21 bits per heavy atom. The van der Waals surface area contributed by atoms with Gasteiger partial charge in [0.15, 0.2) is 5.82 Å². The first-order chi connectivity index (χ1) is 6.74. The van der Waals surface area contributed by atoms with Gasteiger partial charge in [-0.2, -0.15) is 5.26 Å². The van der Waals surface area contributed by atoms with Gasteiger partial charge in [-0.15, -0.1) is 0 Å². The average molecular weight is 187 g/mol. The summed E-state index contributed by atoms with van der Waals surface area (Å²) < 4.78 is 1.81. The van der Waals surface area contributed by atoms with E-state index in [-0.39, 0.29) is 5.78 Å². The second-order valence-corrected chi connectivity index (χ2v) is 3.18. The van der Waals surface area contributed by atoms with Gasteiger partial charge in [-0.1, -0.05) is 6.08 Å². The van der Waals surface area contributed by atoms with Gasteiger partial charge in [0, 0.05) is 6.54 Å². The molecule has 0 bridgehead atoms. The Bertz CT molecular complexity index is 462. The standard InChI is InChI=1S/C10H9N3O/c1-7-8(4-5-11)13-6-2-3-9(14)10(13)12-7/h2-3H,4,6H2,1H3. The lowest BCUT2D eigenvalue weighted by Crippen LogP contribution is -2.14. The van der Waals surface area contributed by atoms with Gasteiger partial charge in [0.05, 0.1) is 23.9 Å². The average Bonchev–Trinajstić information content (AvgIpc) is 2.47. The van der Waals surface area contributed by atoms with E-state index in [4.69, 9.17) is 5.26 Å². The molecule has 0 atom stereocenters. The molecular weight excluding hydrogens is 178 g/mol. The third kappa shape index (κ3) is 1.14. The van der Waals surface area contributed by atoms with Crippen LogP contribution in [0.4, 0.5) is 0 Å². The van der Waals surface area contributed by atoms with E-state index in [0.717, 1.165) is 11.4 Å². The predicted molar refractivity (Wildman–Crippen MR) is 49.8 cm³/mol. The molecule has 0 N–H and O–H groups in total. The van der Waals surface area contributed by atoms with E-state index in [9.17, 15) is 4.79 Å². The monoisotopic (exact) mass is 187 g/mol. The summed E-state index contributed by atoms with van der Waals surface area (Å²) in [7, 11) is 0. The molecule has 0 fully saturated rings. The molecule has 1 aliphatic rings. The molecule has 0 aromatic carbocycles. The molecule has 0 saturated heterocycles. The number of aryl methyl sites for hydroxylation is 1. The number of fused-ring (bicyclic) bond motifs is 1. The molecule has 4 heteroatoms. The molecule has 2 heterocycles. The number of nitriles is 1. The van der Waals surface area contributed by atoms with E-state index in [1.807, 2.05) is 6.92 Å². The summed E-state index contributed by atoms with van der Waals surface area (Å²) in [5.74, 6) is 0.374. The number of carbonyl (C=O) groups excluding carboxylic acids is 1. The zero-order valence-electron chi connectivity index (χ0n) is 7.82. The number of allylic oxidation sites excluding steroid dienone is 2. The molecule has 0 spiro atoms. The van der Waals surface area contributed by atoms with Crippen molar-refractivity contribution < 1.29 is 4.79 Å². The van der Waals surface area contributed by atoms with E-state index >= 15 is 0 Å². The lowest BCUT2D eigenvalue weighted by atomic mass is 10.2. The van der Waals surface area contributed by atoms with Gasteiger partial charge in [-0.25, -0.2) is 4.98 Å². The Balaban J connectivity index is 2.56. The maximum atomic E-state index is 11.4. The van der Waals surface area contributed by atoms with E-state index in [2.05, 4.69) is 11.1 Å². The van der Waals surface area contributed by atoms with Gasteiger partial charge in [-0.05, 0) is 13.0 Å². The Hall–Kier alpha value is -1.89. The summed E-state index contributed by atoms with van der Waals surface area (Å²) in [4.78, 5) is 15.6. The maximum Gasteiger partial charge on any atom is 0.221 e. The number of hydrogen-bond acceptors (Lipinski definition) is 3. The lowest BCUT2D eigenvalue weighted by molar-refractivity contribution is 0.103. The number of imidazole rings is 1. The molecule has 0 radical (unpaired) electrons. The zero-order valence-corrected chi connectivity index (χ0v) is 7.82. The van der Waals surface area contributed by atoms with Crippen LogP contribution >= 0.6 is 0 Å². The SMILES string of the molecule is Cc1nc2n(c1CC#N)CC=CC2=O. The second kappa shape index (κ2) is 3.11. The number of aromatic nitrogens is 2. The van der Waals surface area contributed by atoms with Crippen LogP contribution in [0.2, 0.25) is 0 Å². The van der Waals surface area contributed by atoms with Gasteiger partial charge in [0.25, 0.3) is 0 Å². The van der Waals surface area contributed by atoms with E-state index < -0.39 is 0 Å². The number of nitrogens with zero attached hydrogens (tertiary/aromatic N) is 3. The van der Waals surface area contributed by atoms with E-state index in [1.165, 1.54) is 6.08 Å². The third-order valence-electron chi connectivity index (χ3n) is 2.30. The van der Waals surface area contributed by atoms with Crippen LogP contribution in [0.15, 0.2) is 12.2 Å². The van der Waals surface area contributed by atoms with Crippen molar-refractivity contribution in [3.05, 3.63) is 29.4 Å². The first-order valence-corrected chi connectivity index (χ1v) is 4.38. The second-order valence-electron chi connectivity index (χ2n) is 3.18. The lowest BCUT2D eigenvalue weighted by Gasteiger charge is -2.09. The van der Waals surface area contributed by atoms with Crippen molar-refractivity contribution in [3.8, 4) is 6.07 Å². The fourth-order valence-corrected chi connectivity index (χ4v) is 1.63. The topological polar surface area (TPSA) is 58.7 Å². The summed E-state index contributed by atoms with van der Waals surface area (Å²) >= 11 is 0. The number of hydrogen-bond donors (Lipinski definition) is 0. The molecule has 0 saturated carbocycles. The van der Waals surface area contributed by atoms with Crippen LogP contribution in [0.3, 0.4) is 0 Å². The van der Waals surface area contributed by atoms with Gasteiger partial charge in [0.1, 0.15) is 0 Å². The Labute approximate surface area is 81.5 Å². The minimum Gasteiger partial charge on any atom is -0.320 e. The molecule has 1 aromatic rings. The van der Waals surface area contributed by atoms with Gasteiger partial charge < -0.3 is 4.57 Å². The summed E-state index contributed by atoms with van der Waals surface area (Å²) in [6, 6.07) is 2.08. The third-order valence-corrected chi connectivity index (χ3v) is 2.30. The molecule has 4 nitrogen and oxygen atoms in total. The van der Waals surface area contributed by atoms with Gasteiger partial charge in [-0.3, -0.25) is 4.79 Å². The largest absolute Gasteiger partial charge is 0.320 e. The highest BCUT2D eigenvalue weighted by Crippen LogP contribution is 2.16. The van der Waals surface area contributed by atoms with Crippen LogP contribution in [0.5, 0.6) is 0 Å². The fourth-order valence-electron chi connectivity index (χ4n) is 1.63. The fraction of sp³-hybridized carbons (Fsp3) is 0.300. The Morgan fingerprint density at radius 2 is 2.50 bits per heavy atom. The van der Waals surface area contributed by atoms with Crippen LogP contribution in [0, 0.1) is 18.3 Å². The molecule has 0 aliphatic carbocycles. The van der Waals surface area contributed by atoms with Crippen molar-refractivity contribution in [2.45, 2.75) is 19.9 Å². The highest BCUT2D eigenvalue weighted by atomic mass is 16.1. The van der Waals surface area contributed by atoms with Crippen LogP contribution < -0.4 is 0 Å². The van der Waals surface area contributed by atoms with Crippen molar-refractivity contribution >= 4 is 5.78 Å². The van der Waals surface area contributed by atoms with Crippen molar-refractivity contribution in [3.63, 3.8) is 0 Å². The first kappa shape index (κ1) is 8.70. The van der Waals surface area contributed by atoms with Crippen molar-refractivity contribution in [1.82, 2.24) is 9.55 Å². The van der Waals surface area contributed by atoms with E-state index in [1.54, 1.807) is 10.6 Å². The highest BCUT2D eigenvalue weighted by Gasteiger charge is 2.19. The van der Waals surface area contributed by atoms with Crippen molar-refractivity contribution in [2.75, 3.05) is 0 Å². The summed E-state index contributed by atoms with van der Waals surface area (Å²) in [6.07, 6.45) is 3.62. The Kier molecular flexibility index (Phi) is 1.93. The van der Waals surface area contributed by atoms with Crippen LogP contribution in [-0.4, -0.2) is 15.3 Å². The quantitative estimate of drug-likeness (QED) is 0.659. The zero-order chi connectivity index (χ0) is 10.1. The smallest absolute Gasteiger partial charge is 0.221 e. The number of ketones is 1. The number of carbonyl (C=O) groups is 1. The summed E-state index contributed by atoms with van der Waals surface area (Å²) in [5.41, 5.74) is 1.62. The molecule has 0 amide bonds. The van der Waals surface area contributed by atoms with Crippen molar-refractivity contribution in [1.29, 1.82) is 5.26 Å². The van der Waals surface area contributed by atoms with Crippen LogP contribution in [-0.2, 0) is 13.0 Å². The van der Waals surface area contributed by atoms with Crippen molar-refractivity contribution in [2.24, 2.45) is 0 Å². The summed E-state index contributed by atoms with van der Waals surface area (Å²) in [6.45, 7) is 2.46. The molecule has 1 aliphatic heterocycles. The highest BCUT2D eigenvalue weighted by molar-refractivity contribution is 6.02. The minimum atomic E-state index is -0.0801. The molecule has 2 rings (SSSR count). The van der Waals surface area contributed by atoms with Gasteiger partial charge >= 0.3 is 0 Å². The predicted octanol–water partition coefficient (Wildman–Crippen LogP) is 1.01. The van der Waals surface area contributed by atoms with E-state index in [0.29, 0.717) is 18.8 Å². The first-order valence-electron chi connectivity index (χ1n) is 4.38. The summed E-state index contributed by atoms with van der Waals surface area (Å²) in [5, 5.41) is 8.64. The Morgan fingerprint density at radius 1 is 1.71 bits per heavy atom. The normalized spacial score (nSPS) is 13.9. The van der Waals surface area contributed by atoms with Crippen LogP contribution in [0.25, 0.3) is 0 Å². The van der Waals surface area contributed by atoms with Crippen LogP contribution in [0.1, 0.15) is 22.0 Å². The number of rotatable bonds is 1. The van der Waals surface area contributed by atoms with Gasteiger partial charge in [0.2, 0.25) is 5.78 Å².